The van der Waals surface area contributed by atoms with E-state index in [1.807, 2.05) is 13.8 Å². The van der Waals surface area contributed by atoms with E-state index < -0.39 is 11.5 Å². The molecule has 0 saturated heterocycles. The molecule has 0 unspecified atom stereocenters. The largest absolute Gasteiger partial charge is 0.463 e. The van der Waals surface area contributed by atoms with Gasteiger partial charge in [-0.1, -0.05) is 13.8 Å². The number of pyridine rings is 1. The van der Waals surface area contributed by atoms with Gasteiger partial charge in [0, 0.05) is 13.2 Å². The Morgan fingerprint density at radius 2 is 2.04 bits per heavy atom. The maximum atomic E-state index is 12.3. The van der Waals surface area contributed by atoms with Crippen molar-refractivity contribution in [2.24, 2.45) is 5.41 Å². The van der Waals surface area contributed by atoms with Gasteiger partial charge in [-0.3, -0.25) is 9.59 Å². The molecule has 2 aromatic heterocycles. The Morgan fingerprint density at radius 1 is 1.29 bits per heavy atom. The van der Waals surface area contributed by atoms with Crippen molar-refractivity contribution in [1.29, 1.82) is 0 Å². The third-order valence-electron chi connectivity index (χ3n) is 4.71. The number of carbonyl (C=O) groups excluding carboxylic acids is 1. The van der Waals surface area contributed by atoms with Crippen molar-refractivity contribution >= 4 is 5.91 Å². The molecular weight excluding hydrogens is 308 g/mol. The summed E-state index contributed by atoms with van der Waals surface area (Å²) < 4.78 is 5.23. The molecule has 0 aliphatic carbocycles. The zero-order chi connectivity index (χ0) is 17.6. The molecule has 130 valence electrons. The molecule has 0 aromatic carbocycles. The smallest absolute Gasteiger partial charge is 0.261 e. The molecule has 2 heterocycles. The van der Waals surface area contributed by atoms with E-state index in [-0.39, 0.29) is 17.6 Å². The number of hydrogen-bond acceptors (Lipinski definition) is 4. The highest BCUT2D eigenvalue weighted by Gasteiger charge is 2.26. The molecule has 0 radical (unpaired) electrons. The standard InChI is InChI=1S/C18H24N2O4/c1-3-18(4-2,9-10-21)12-19-16(22)13-7-8-14(20-17(13)23)15-6-5-11-24-15/h5-8,11,21H,3-4,9-10,12H2,1-2H3,(H,19,22)(H,20,23). The van der Waals surface area contributed by atoms with Gasteiger partial charge >= 0.3 is 0 Å². The van der Waals surface area contributed by atoms with Crippen LogP contribution in [0.2, 0.25) is 0 Å². The van der Waals surface area contributed by atoms with Gasteiger partial charge in [0.15, 0.2) is 0 Å². The lowest BCUT2D eigenvalue weighted by Gasteiger charge is -2.31. The SMILES string of the molecule is CCC(CC)(CCO)CNC(=O)c1ccc(-c2ccco2)[nH]c1=O. The van der Waals surface area contributed by atoms with Crippen LogP contribution >= 0.6 is 0 Å². The lowest BCUT2D eigenvalue weighted by molar-refractivity contribution is 0.0906. The van der Waals surface area contributed by atoms with Crippen molar-refractivity contribution in [2.75, 3.05) is 13.2 Å². The van der Waals surface area contributed by atoms with Crippen LogP contribution in [-0.4, -0.2) is 29.1 Å². The van der Waals surface area contributed by atoms with E-state index in [9.17, 15) is 14.7 Å². The van der Waals surface area contributed by atoms with Crippen LogP contribution in [-0.2, 0) is 0 Å². The van der Waals surface area contributed by atoms with Gasteiger partial charge in [0.2, 0.25) is 0 Å². The normalized spacial score (nSPS) is 11.5. The molecule has 0 atom stereocenters. The highest BCUT2D eigenvalue weighted by atomic mass is 16.3. The summed E-state index contributed by atoms with van der Waals surface area (Å²) in [5.41, 5.74) is -0.0125. The molecule has 0 saturated carbocycles. The predicted octanol–water partition coefficient (Wildman–Crippen LogP) is 2.55. The summed E-state index contributed by atoms with van der Waals surface area (Å²) >= 11 is 0. The Kier molecular flexibility index (Phi) is 5.98. The first kappa shape index (κ1) is 18.0. The van der Waals surface area contributed by atoms with Crippen LogP contribution in [0.3, 0.4) is 0 Å². The molecular formula is C18H24N2O4. The number of H-pyrrole nitrogens is 1. The number of aliphatic hydroxyl groups excluding tert-OH is 1. The van der Waals surface area contributed by atoms with Gasteiger partial charge in [-0.2, -0.15) is 0 Å². The van der Waals surface area contributed by atoms with Gasteiger partial charge in [0.25, 0.3) is 11.5 Å². The van der Waals surface area contributed by atoms with Crippen LogP contribution < -0.4 is 10.9 Å². The molecule has 24 heavy (non-hydrogen) atoms. The lowest BCUT2D eigenvalue weighted by Crippen LogP contribution is -2.39. The van der Waals surface area contributed by atoms with E-state index in [4.69, 9.17) is 4.42 Å². The van der Waals surface area contributed by atoms with E-state index in [1.165, 1.54) is 12.3 Å². The molecule has 6 nitrogen and oxygen atoms in total. The van der Waals surface area contributed by atoms with Gasteiger partial charge in [-0.15, -0.1) is 0 Å². The van der Waals surface area contributed by atoms with Crippen molar-refractivity contribution in [3.63, 3.8) is 0 Å². The third-order valence-corrected chi connectivity index (χ3v) is 4.71. The minimum atomic E-state index is -0.456. The van der Waals surface area contributed by atoms with Crippen molar-refractivity contribution < 1.29 is 14.3 Å². The Bertz CT molecular complexity index is 715. The molecule has 0 bridgehead atoms. The number of furan rings is 1. The van der Waals surface area contributed by atoms with Gasteiger partial charge < -0.3 is 19.8 Å². The summed E-state index contributed by atoms with van der Waals surface area (Å²) in [6, 6.07) is 6.61. The predicted molar refractivity (Wildman–Crippen MR) is 91.8 cm³/mol. The van der Waals surface area contributed by atoms with Gasteiger partial charge in [0.1, 0.15) is 11.3 Å². The first-order chi connectivity index (χ1) is 11.5. The maximum Gasteiger partial charge on any atom is 0.261 e. The number of hydrogen-bond donors (Lipinski definition) is 3. The molecule has 0 aliphatic heterocycles. The fourth-order valence-corrected chi connectivity index (χ4v) is 2.77. The number of amides is 1. The molecule has 0 spiro atoms. The number of aromatic nitrogens is 1. The summed E-state index contributed by atoms with van der Waals surface area (Å²) in [5, 5.41) is 12.1. The number of rotatable bonds is 8. The van der Waals surface area contributed by atoms with Crippen molar-refractivity contribution in [3.05, 3.63) is 46.4 Å². The van der Waals surface area contributed by atoms with Crippen molar-refractivity contribution in [1.82, 2.24) is 10.3 Å². The summed E-state index contributed by atoms with van der Waals surface area (Å²) in [7, 11) is 0. The van der Waals surface area contributed by atoms with Crippen molar-refractivity contribution in [2.45, 2.75) is 33.1 Å². The fraction of sp³-hybridized carbons (Fsp3) is 0.444. The molecule has 0 aliphatic rings. The van der Waals surface area contributed by atoms with Crippen LogP contribution in [0, 0.1) is 5.41 Å². The first-order valence-corrected chi connectivity index (χ1v) is 8.21. The van der Waals surface area contributed by atoms with Gasteiger partial charge in [-0.25, -0.2) is 0 Å². The Labute approximate surface area is 140 Å². The minimum Gasteiger partial charge on any atom is -0.463 e. The molecule has 1 amide bonds. The van der Waals surface area contributed by atoms with E-state index >= 15 is 0 Å². The van der Waals surface area contributed by atoms with Crippen LogP contribution in [0.5, 0.6) is 0 Å². The van der Waals surface area contributed by atoms with Gasteiger partial charge in [0.05, 0.1) is 12.0 Å². The highest BCUT2D eigenvalue weighted by Crippen LogP contribution is 2.29. The molecule has 6 heteroatoms. The summed E-state index contributed by atoms with van der Waals surface area (Å²) in [6.45, 7) is 4.58. The van der Waals surface area contributed by atoms with Crippen LogP contribution in [0.1, 0.15) is 43.5 Å². The van der Waals surface area contributed by atoms with Crippen molar-refractivity contribution in [3.8, 4) is 11.5 Å². The summed E-state index contributed by atoms with van der Waals surface area (Å²) in [5.74, 6) is 0.129. The first-order valence-electron chi connectivity index (χ1n) is 8.21. The topological polar surface area (TPSA) is 95.3 Å². The number of nitrogens with one attached hydrogen (secondary N) is 2. The minimum absolute atomic E-state index is 0.0652. The molecule has 0 fully saturated rings. The second-order valence-corrected chi connectivity index (χ2v) is 5.96. The average Bonchev–Trinajstić information content (AvgIpc) is 3.13. The van der Waals surface area contributed by atoms with Crippen LogP contribution in [0.4, 0.5) is 0 Å². The monoisotopic (exact) mass is 332 g/mol. The molecule has 2 rings (SSSR count). The van der Waals surface area contributed by atoms with E-state index in [0.29, 0.717) is 24.4 Å². The third kappa shape index (κ3) is 3.94. The lowest BCUT2D eigenvalue weighted by atomic mass is 9.79. The zero-order valence-electron chi connectivity index (χ0n) is 14.1. The van der Waals surface area contributed by atoms with E-state index in [0.717, 1.165) is 12.8 Å². The summed E-state index contributed by atoms with van der Waals surface area (Å²) in [4.78, 5) is 27.2. The van der Waals surface area contributed by atoms with E-state index in [2.05, 4.69) is 10.3 Å². The fourth-order valence-electron chi connectivity index (χ4n) is 2.77. The van der Waals surface area contributed by atoms with Gasteiger partial charge in [-0.05, 0) is 48.9 Å². The zero-order valence-corrected chi connectivity index (χ0v) is 14.1. The number of aromatic amines is 1. The summed E-state index contributed by atoms with van der Waals surface area (Å²) in [6.07, 6.45) is 3.83. The second-order valence-electron chi connectivity index (χ2n) is 5.96. The number of carbonyl (C=O) groups is 1. The highest BCUT2D eigenvalue weighted by molar-refractivity contribution is 5.94. The van der Waals surface area contributed by atoms with Crippen LogP contribution in [0.25, 0.3) is 11.5 Å². The van der Waals surface area contributed by atoms with E-state index in [1.54, 1.807) is 18.2 Å². The molecule has 3 N–H and O–H groups in total. The maximum absolute atomic E-state index is 12.3. The van der Waals surface area contributed by atoms with Crippen LogP contribution in [0.15, 0.2) is 39.7 Å². The number of aliphatic hydroxyl groups is 1. The Hall–Kier alpha value is -2.34. The average molecular weight is 332 g/mol. The second kappa shape index (κ2) is 7.97. The Balaban J connectivity index is 2.11. The quantitative estimate of drug-likeness (QED) is 0.692. The molecule has 2 aromatic rings. The Morgan fingerprint density at radius 3 is 2.58 bits per heavy atom.